The Morgan fingerprint density at radius 1 is 1.05 bits per heavy atom. The van der Waals surface area contributed by atoms with E-state index in [9.17, 15) is 4.79 Å². The molecule has 110 valence electrons. The van der Waals surface area contributed by atoms with Crippen molar-refractivity contribution in [3.05, 3.63) is 35.4 Å². The SMILES string of the molecule is NCc1ccc(CNC(=O)CC2CCCCCC2)cc1. The molecule has 0 saturated heterocycles. The molecular formula is C17H26N2O. The predicted octanol–water partition coefficient (Wildman–Crippen LogP) is 3.12. The fourth-order valence-corrected chi connectivity index (χ4v) is 2.90. The quantitative estimate of drug-likeness (QED) is 0.811. The van der Waals surface area contributed by atoms with Crippen molar-refractivity contribution in [1.82, 2.24) is 5.32 Å². The normalized spacial score (nSPS) is 16.6. The Balaban J connectivity index is 1.73. The minimum absolute atomic E-state index is 0.194. The summed E-state index contributed by atoms with van der Waals surface area (Å²) in [5.41, 5.74) is 7.83. The van der Waals surface area contributed by atoms with Crippen molar-refractivity contribution >= 4 is 5.91 Å². The predicted molar refractivity (Wildman–Crippen MR) is 82.0 cm³/mol. The minimum atomic E-state index is 0.194. The van der Waals surface area contributed by atoms with E-state index in [-0.39, 0.29) is 5.91 Å². The van der Waals surface area contributed by atoms with Gasteiger partial charge in [0.25, 0.3) is 0 Å². The maximum absolute atomic E-state index is 12.0. The molecule has 0 radical (unpaired) electrons. The van der Waals surface area contributed by atoms with Gasteiger partial charge in [-0.15, -0.1) is 0 Å². The van der Waals surface area contributed by atoms with Gasteiger partial charge in [0, 0.05) is 19.5 Å². The topological polar surface area (TPSA) is 55.1 Å². The van der Waals surface area contributed by atoms with E-state index in [0.717, 1.165) is 11.1 Å². The van der Waals surface area contributed by atoms with Crippen molar-refractivity contribution in [1.29, 1.82) is 0 Å². The summed E-state index contributed by atoms with van der Waals surface area (Å²) in [5.74, 6) is 0.789. The number of carbonyl (C=O) groups excluding carboxylic acids is 1. The average molecular weight is 274 g/mol. The lowest BCUT2D eigenvalue weighted by Crippen LogP contribution is -2.25. The number of benzene rings is 1. The van der Waals surface area contributed by atoms with Gasteiger partial charge in [-0.2, -0.15) is 0 Å². The highest BCUT2D eigenvalue weighted by atomic mass is 16.1. The Hall–Kier alpha value is -1.35. The molecule has 20 heavy (non-hydrogen) atoms. The molecule has 1 amide bonds. The largest absolute Gasteiger partial charge is 0.352 e. The van der Waals surface area contributed by atoms with Crippen LogP contribution in [-0.4, -0.2) is 5.91 Å². The van der Waals surface area contributed by atoms with Crippen LogP contribution in [0.5, 0.6) is 0 Å². The van der Waals surface area contributed by atoms with Gasteiger partial charge >= 0.3 is 0 Å². The van der Waals surface area contributed by atoms with E-state index in [1.165, 1.54) is 38.5 Å². The summed E-state index contributed by atoms with van der Waals surface area (Å²) in [5, 5.41) is 3.03. The van der Waals surface area contributed by atoms with Crippen molar-refractivity contribution < 1.29 is 4.79 Å². The fraction of sp³-hybridized carbons (Fsp3) is 0.588. The van der Waals surface area contributed by atoms with E-state index >= 15 is 0 Å². The molecule has 0 spiro atoms. The van der Waals surface area contributed by atoms with E-state index in [2.05, 4.69) is 5.32 Å². The molecule has 0 unspecified atom stereocenters. The zero-order valence-electron chi connectivity index (χ0n) is 12.2. The maximum atomic E-state index is 12.0. The van der Waals surface area contributed by atoms with E-state index in [1.54, 1.807) is 0 Å². The molecule has 3 heteroatoms. The lowest BCUT2D eigenvalue weighted by Gasteiger charge is -2.13. The number of carbonyl (C=O) groups is 1. The molecule has 0 heterocycles. The van der Waals surface area contributed by atoms with Gasteiger partial charge in [0.1, 0.15) is 0 Å². The van der Waals surface area contributed by atoms with Crippen LogP contribution in [0.15, 0.2) is 24.3 Å². The first-order chi connectivity index (χ1) is 9.78. The summed E-state index contributed by atoms with van der Waals surface area (Å²) in [6, 6.07) is 8.11. The molecule has 3 N–H and O–H groups in total. The van der Waals surface area contributed by atoms with Crippen molar-refractivity contribution in [3.8, 4) is 0 Å². The maximum Gasteiger partial charge on any atom is 0.220 e. The Morgan fingerprint density at radius 2 is 1.65 bits per heavy atom. The van der Waals surface area contributed by atoms with Crippen LogP contribution in [0.2, 0.25) is 0 Å². The van der Waals surface area contributed by atoms with Gasteiger partial charge in [-0.3, -0.25) is 4.79 Å². The van der Waals surface area contributed by atoms with Gasteiger partial charge in [-0.1, -0.05) is 49.9 Å². The zero-order valence-corrected chi connectivity index (χ0v) is 12.2. The van der Waals surface area contributed by atoms with E-state index < -0.39 is 0 Å². The second kappa shape index (κ2) is 8.05. The van der Waals surface area contributed by atoms with Crippen LogP contribution in [0.3, 0.4) is 0 Å². The molecular weight excluding hydrogens is 248 g/mol. The van der Waals surface area contributed by atoms with Crippen molar-refractivity contribution in [2.45, 2.75) is 58.0 Å². The summed E-state index contributed by atoms with van der Waals surface area (Å²) >= 11 is 0. The number of amides is 1. The summed E-state index contributed by atoms with van der Waals surface area (Å²) < 4.78 is 0. The third-order valence-corrected chi connectivity index (χ3v) is 4.20. The summed E-state index contributed by atoms with van der Waals surface area (Å²) in [6.45, 7) is 1.19. The molecule has 0 bridgehead atoms. The first-order valence-corrected chi connectivity index (χ1v) is 7.82. The van der Waals surface area contributed by atoms with Crippen LogP contribution in [0.4, 0.5) is 0 Å². The summed E-state index contributed by atoms with van der Waals surface area (Å²) in [4.78, 5) is 12.0. The van der Waals surface area contributed by atoms with Gasteiger partial charge in [0.05, 0.1) is 0 Å². The molecule has 2 rings (SSSR count). The van der Waals surface area contributed by atoms with Crippen LogP contribution >= 0.6 is 0 Å². The van der Waals surface area contributed by atoms with E-state index in [1.807, 2.05) is 24.3 Å². The highest BCUT2D eigenvalue weighted by Gasteiger charge is 2.15. The van der Waals surface area contributed by atoms with Crippen LogP contribution in [0.1, 0.15) is 56.1 Å². The van der Waals surface area contributed by atoms with Gasteiger partial charge < -0.3 is 11.1 Å². The van der Waals surface area contributed by atoms with Gasteiger partial charge in [0.2, 0.25) is 5.91 Å². The smallest absolute Gasteiger partial charge is 0.220 e. The van der Waals surface area contributed by atoms with Gasteiger partial charge in [-0.25, -0.2) is 0 Å². The second-order valence-electron chi connectivity index (χ2n) is 5.86. The second-order valence-corrected chi connectivity index (χ2v) is 5.86. The Labute approximate surface area is 121 Å². The van der Waals surface area contributed by atoms with Gasteiger partial charge in [-0.05, 0) is 29.9 Å². The number of hydrogen-bond acceptors (Lipinski definition) is 2. The van der Waals surface area contributed by atoms with E-state index in [4.69, 9.17) is 5.73 Å². The minimum Gasteiger partial charge on any atom is -0.352 e. The highest BCUT2D eigenvalue weighted by Crippen LogP contribution is 2.25. The molecule has 1 fully saturated rings. The van der Waals surface area contributed by atoms with Crippen molar-refractivity contribution in [3.63, 3.8) is 0 Å². The third-order valence-electron chi connectivity index (χ3n) is 4.20. The summed E-state index contributed by atoms with van der Waals surface area (Å²) in [7, 11) is 0. The van der Waals surface area contributed by atoms with Crippen molar-refractivity contribution in [2.75, 3.05) is 0 Å². The number of nitrogens with one attached hydrogen (secondary N) is 1. The van der Waals surface area contributed by atoms with Crippen LogP contribution < -0.4 is 11.1 Å². The van der Waals surface area contributed by atoms with Gasteiger partial charge in [0.15, 0.2) is 0 Å². The number of hydrogen-bond donors (Lipinski definition) is 2. The molecule has 1 aliphatic carbocycles. The Kier molecular flexibility index (Phi) is 6.06. The standard InChI is InChI=1S/C17H26N2O/c18-12-15-7-9-16(10-8-15)13-19-17(20)11-14-5-3-1-2-4-6-14/h7-10,14H,1-6,11-13,18H2,(H,19,20). The highest BCUT2D eigenvalue weighted by molar-refractivity contribution is 5.76. The van der Waals surface area contributed by atoms with E-state index in [0.29, 0.717) is 25.4 Å². The monoisotopic (exact) mass is 274 g/mol. The zero-order chi connectivity index (χ0) is 14.2. The molecule has 0 aliphatic heterocycles. The third kappa shape index (κ3) is 4.97. The molecule has 1 saturated carbocycles. The van der Waals surface area contributed by atoms with Crippen molar-refractivity contribution in [2.24, 2.45) is 11.7 Å². The molecule has 0 aromatic heterocycles. The molecule has 0 atom stereocenters. The average Bonchev–Trinajstić information content (AvgIpc) is 2.74. The molecule has 3 nitrogen and oxygen atoms in total. The first kappa shape index (κ1) is 15.0. The fourth-order valence-electron chi connectivity index (χ4n) is 2.90. The molecule has 1 aliphatic rings. The van der Waals surface area contributed by atoms with Crippen LogP contribution in [0.25, 0.3) is 0 Å². The molecule has 1 aromatic carbocycles. The van der Waals surface area contributed by atoms with Crippen LogP contribution in [-0.2, 0) is 17.9 Å². The lowest BCUT2D eigenvalue weighted by molar-refractivity contribution is -0.122. The van der Waals surface area contributed by atoms with Crippen LogP contribution in [0, 0.1) is 5.92 Å². The number of nitrogens with two attached hydrogens (primary N) is 1. The Bertz CT molecular complexity index is 406. The summed E-state index contributed by atoms with van der Waals surface area (Å²) in [6.07, 6.45) is 8.40. The number of rotatable bonds is 5. The lowest BCUT2D eigenvalue weighted by atomic mass is 9.96. The first-order valence-electron chi connectivity index (χ1n) is 7.82. The Morgan fingerprint density at radius 3 is 2.25 bits per heavy atom. The molecule has 1 aromatic rings.